The van der Waals surface area contributed by atoms with Gasteiger partial charge in [-0.05, 0) is 69.3 Å². The molecule has 0 atom stereocenters. The summed E-state index contributed by atoms with van der Waals surface area (Å²) in [6.45, 7) is 9.45. The Morgan fingerprint density at radius 1 is 0.854 bits per heavy atom. The van der Waals surface area contributed by atoms with Crippen LogP contribution in [-0.4, -0.2) is 18.0 Å². The standard InChI is InChI=1S/C24H15FNS.C18H24NSi.Ir/c1-15-14-26-21(13-19(15)16-7-3-2-4-8-16)17-9-5-10-18-23-20(25)11-6-12-22(23)27-24(17)18;1-14(2)11-16-12-17(15-9-7-6-8-10-15)19-13-18(16)20(3,4)5;/h2-8,10-14H,1H3;6-9,12-14H,11H2,1-5H3;/q2*-1;/i1D3;;. The van der Waals surface area contributed by atoms with Crippen molar-refractivity contribution in [2.45, 2.75) is 46.8 Å². The summed E-state index contributed by atoms with van der Waals surface area (Å²) in [6, 6.07) is 36.7. The van der Waals surface area contributed by atoms with E-state index in [0.29, 0.717) is 22.6 Å². The van der Waals surface area contributed by atoms with Gasteiger partial charge in [-0.25, -0.2) is 4.39 Å². The first-order valence-corrected chi connectivity index (χ1v) is 20.2. The minimum Gasteiger partial charge on any atom is -0.305 e. The smallest absolute Gasteiger partial charge is 0.130 e. The molecule has 48 heavy (non-hydrogen) atoms. The summed E-state index contributed by atoms with van der Waals surface area (Å²) in [5, 5.41) is 2.89. The zero-order valence-corrected chi connectivity index (χ0v) is 31.9. The summed E-state index contributed by atoms with van der Waals surface area (Å²) in [5.41, 5.74) is 6.57. The molecule has 7 aromatic rings. The maximum Gasteiger partial charge on any atom is 0.130 e. The van der Waals surface area contributed by atoms with Crippen LogP contribution < -0.4 is 5.19 Å². The Labute approximate surface area is 306 Å². The van der Waals surface area contributed by atoms with E-state index >= 15 is 0 Å². The summed E-state index contributed by atoms with van der Waals surface area (Å²) in [5.74, 6) is 0.409. The third-order valence-corrected chi connectivity index (χ3v) is 11.3. The molecule has 0 saturated carbocycles. The van der Waals surface area contributed by atoms with Crippen molar-refractivity contribution in [1.82, 2.24) is 9.97 Å². The van der Waals surface area contributed by atoms with Crippen molar-refractivity contribution in [2.24, 2.45) is 5.92 Å². The molecule has 0 bridgehead atoms. The number of thiophene rings is 1. The summed E-state index contributed by atoms with van der Waals surface area (Å²) in [7, 11) is -1.34. The van der Waals surface area contributed by atoms with Crippen LogP contribution in [0, 0.1) is 30.7 Å². The van der Waals surface area contributed by atoms with Gasteiger partial charge in [0.25, 0.3) is 0 Å². The summed E-state index contributed by atoms with van der Waals surface area (Å²) >= 11 is 1.49. The number of hydrogen-bond donors (Lipinski definition) is 0. The number of aryl methyl sites for hydroxylation is 1. The van der Waals surface area contributed by atoms with Crippen LogP contribution in [0.2, 0.25) is 19.6 Å². The number of halogens is 1. The van der Waals surface area contributed by atoms with Gasteiger partial charge in [-0.1, -0.05) is 93.0 Å². The molecule has 6 heteroatoms. The predicted octanol–water partition coefficient (Wildman–Crippen LogP) is 11.3. The molecule has 3 heterocycles. The van der Waals surface area contributed by atoms with Crippen LogP contribution in [0.4, 0.5) is 4.39 Å². The van der Waals surface area contributed by atoms with E-state index in [-0.39, 0.29) is 31.5 Å². The van der Waals surface area contributed by atoms with E-state index in [0.717, 1.165) is 43.6 Å². The topological polar surface area (TPSA) is 25.8 Å². The fourth-order valence-electron chi connectivity index (χ4n) is 5.87. The molecule has 0 saturated heterocycles. The number of benzene rings is 4. The van der Waals surface area contributed by atoms with Crippen LogP contribution in [0.1, 0.15) is 29.1 Å². The molecule has 7 rings (SSSR count). The van der Waals surface area contributed by atoms with Crippen LogP contribution in [-0.2, 0) is 26.5 Å². The zero-order chi connectivity index (χ0) is 35.6. The molecule has 4 aromatic carbocycles. The first kappa shape index (κ1) is 31.5. The van der Waals surface area contributed by atoms with Gasteiger partial charge < -0.3 is 9.97 Å². The van der Waals surface area contributed by atoms with Crippen molar-refractivity contribution in [3.63, 3.8) is 0 Å². The Morgan fingerprint density at radius 3 is 2.33 bits per heavy atom. The number of pyridine rings is 2. The molecule has 1 radical (unpaired) electrons. The minimum atomic E-state index is -2.28. The molecule has 245 valence electrons. The van der Waals surface area contributed by atoms with Crippen molar-refractivity contribution >= 4 is 44.8 Å². The molecule has 0 unspecified atom stereocenters. The van der Waals surface area contributed by atoms with Gasteiger partial charge in [0.05, 0.1) is 8.07 Å². The van der Waals surface area contributed by atoms with E-state index in [4.69, 9.17) is 4.11 Å². The van der Waals surface area contributed by atoms with E-state index in [1.54, 1.807) is 18.2 Å². The molecule has 0 aliphatic rings. The molecule has 0 N–H and O–H groups in total. The van der Waals surface area contributed by atoms with E-state index in [1.807, 2.05) is 60.7 Å². The molecule has 3 aromatic heterocycles. The normalized spacial score (nSPS) is 12.5. The Kier molecular flexibility index (Phi) is 9.95. The first-order chi connectivity index (χ1) is 23.8. The van der Waals surface area contributed by atoms with Crippen LogP contribution in [0.5, 0.6) is 0 Å². The van der Waals surface area contributed by atoms with Gasteiger partial charge in [-0.15, -0.1) is 59.7 Å². The summed E-state index contributed by atoms with van der Waals surface area (Å²) in [6.07, 6.45) is 4.66. The third kappa shape index (κ3) is 7.74. The van der Waals surface area contributed by atoms with Gasteiger partial charge in [-0.2, -0.15) is 11.3 Å². The SMILES string of the molecule is CC(C)Cc1cc(-c2[c-]cccc2)ncc1[Si](C)(C)C.[2H]C([2H])([2H])c1cnc(-c2[c-]ccc3c2sc2cccc(F)c23)cc1-c1ccccc1.[Ir]. The third-order valence-electron chi connectivity index (χ3n) is 8.06. The quantitative estimate of drug-likeness (QED) is 0.123. The fourth-order valence-corrected chi connectivity index (χ4v) is 8.68. The second kappa shape index (κ2) is 15.2. The van der Waals surface area contributed by atoms with Crippen molar-refractivity contribution in [2.75, 3.05) is 0 Å². The van der Waals surface area contributed by atoms with Crippen LogP contribution >= 0.6 is 11.3 Å². The van der Waals surface area contributed by atoms with Crippen molar-refractivity contribution in [3.05, 3.63) is 139 Å². The average Bonchev–Trinajstić information content (AvgIpc) is 3.48. The maximum atomic E-state index is 14.5. The number of nitrogens with zero attached hydrogens (tertiary/aromatic N) is 2. The Hall–Kier alpha value is -3.80. The average molecular weight is 846 g/mol. The van der Waals surface area contributed by atoms with E-state index < -0.39 is 14.9 Å². The van der Waals surface area contributed by atoms with E-state index in [1.165, 1.54) is 34.4 Å². The number of fused-ring (bicyclic) bond motifs is 3. The van der Waals surface area contributed by atoms with Crippen LogP contribution in [0.3, 0.4) is 0 Å². The molecule has 2 nitrogen and oxygen atoms in total. The van der Waals surface area contributed by atoms with Gasteiger partial charge in [0, 0.05) is 46.7 Å². The van der Waals surface area contributed by atoms with Gasteiger partial charge >= 0.3 is 0 Å². The van der Waals surface area contributed by atoms with Crippen LogP contribution in [0.15, 0.2) is 109 Å². The van der Waals surface area contributed by atoms with Crippen molar-refractivity contribution in [1.29, 1.82) is 0 Å². The largest absolute Gasteiger partial charge is 0.305 e. The molecule has 0 aliphatic heterocycles. The van der Waals surface area contributed by atoms with Gasteiger partial charge in [0.2, 0.25) is 0 Å². The number of hydrogen-bond acceptors (Lipinski definition) is 3. The Morgan fingerprint density at radius 2 is 1.62 bits per heavy atom. The fraction of sp³-hybridized carbons (Fsp3) is 0.190. The van der Waals surface area contributed by atoms with Crippen molar-refractivity contribution in [3.8, 4) is 33.6 Å². The molecular weight excluding hydrogens is 804 g/mol. The second-order valence-electron chi connectivity index (χ2n) is 13.1. The minimum absolute atomic E-state index is 0. The molecule has 0 fully saturated rings. The molecule has 0 amide bonds. The van der Waals surface area contributed by atoms with Crippen LogP contribution in [0.25, 0.3) is 53.8 Å². The summed E-state index contributed by atoms with van der Waals surface area (Å²) < 4.78 is 39.9. The van der Waals surface area contributed by atoms with Gasteiger partial charge in [0.1, 0.15) is 5.82 Å². The predicted molar refractivity (Wildman–Crippen MR) is 202 cm³/mol. The molecule has 0 aliphatic carbocycles. The Bertz CT molecular complexity index is 2270. The monoisotopic (exact) mass is 846 g/mol. The molecular formula is C42H39FIrN2SSi-2. The maximum absolute atomic E-state index is 14.5. The molecule has 0 spiro atoms. The Balaban J connectivity index is 0.000000211. The second-order valence-corrected chi connectivity index (χ2v) is 19.2. The number of aromatic nitrogens is 2. The van der Waals surface area contributed by atoms with Gasteiger partial charge in [-0.3, -0.25) is 0 Å². The zero-order valence-electron chi connectivity index (χ0n) is 30.7. The van der Waals surface area contributed by atoms with Crippen molar-refractivity contribution < 1.29 is 28.6 Å². The van der Waals surface area contributed by atoms with E-state index in [9.17, 15) is 4.39 Å². The first-order valence-electron chi connectivity index (χ1n) is 17.4. The van der Waals surface area contributed by atoms with E-state index in [2.05, 4.69) is 73.9 Å². The van der Waals surface area contributed by atoms with Gasteiger partial charge in [0.15, 0.2) is 0 Å². The number of rotatable bonds is 6. The summed E-state index contributed by atoms with van der Waals surface area (Å²) in [4.78, 5) is 9.15.